The fourth-order valence-corrected chi connectivity index (χ4v) is 3.70. The Hall–Kier alpha value is -1.38. The average Bonchev–Trinajstić information content (AvgIpc) is 2.87. The van der Waals surface area contributed by atoms with Gasteiger partial charge in [-0.3, -0.25) is 0 Å². The molecule has 2 N–H and O–H groups in total. The van der Waals surface area contributed by atoms with Gasteiger partial charge in [-0.1, -0.05) is 27.7 Å². The van der Waals surface area contributed by atoms with E-state index in [4.69, 9.17) is 4.74 Å². The standard InChI is InChI=1S/C20H32O3/c1-13(2)10-16(14(3)4)15-11-17(21)19(22)18(12-15)23-20(5)8-6-7-9-20/h11-14,16,21-22H,6-10H2,1-5H3. The predicted molar refractivity (Wildman–Crippen MR) is 94.3 cm³/mol. The summed E-state index contributed by atoms with van der Waals surface area (Å²) in [6, 6.07) is 3.64. The van der Waals surface area contributed by atoms with Crippen molar-refractivity contribution in [2.75, 3.05) is 0 Å². The average molecular weight is 320 g/mol. The summed E-state index contributed by atoms with van der Waals surface area (Å²) in [5.41, 5.74) is 0.828. The number of rotatable bonds is 6. The van der Waals surface area contributed by atoms with E-state index in [1.807, 2.05) is 6.07 Å². The molecule has 130 valence electrons. The zero-order chi connectivity index (χ0) is 17.2. The monoisotopic (exact) mass is 320 g/mol. The summed E-state index contributed by atoms with van der Waals surface area (Å²) in [7, 11) is 0. The molecule has 0 amide bonds. The van der Waals surface area contributed by atoms with Gasteiger partial charge in [-0.2, -0.15) is 0 Å². The summed E-state index contributed by atoms with van der Waals surface area (Å²) in [5, 5.41) is 20.4. The molecule has 1 unspecified atom stereocenters. The van der Waals surface area contributed by atoms with E-state index in [1.165, 1.54) is 0 Å². The normalized spacial score (nSPS) is 18.6. The smallest absolute Gasteiger partial charge is 0.200 e. The maximum atomic E-state index is 10.2. The molecule has 0 spiro atoms. The lowest BCUT2D eigenvalue weighted by Crippen LogP contribution is -2.28. The highest BCUT2D eigenvalue weighted by Crippen LogP contribution is 2.44. The van der Waals surface area contributed by atoms with E-state index in [0.29, 0.717) is 23.5 Å². The van der Waals surface area contributed by atoms with Crippen molar-refractivity contribution in [3.8, 4) is 17.2 Å². The Balaban J connectivity index is 2.34. The van der Waals surface area contributed by atoms with Crippen LogP contribution in [-0.2, 0) is 0 Å². The number of phenols is 2. The second kappa shape index (κ2) is 7.02. The molecule has 1 saturated carbocycles. The molecule has 23 heavy (non-hydrogen) atoms. The second-order valence-corrected chi connectivity index (χ2v) is 8.13. The van der Waals surface area contributed by atoms with Gasteiger partial charge in [0.25, 0.3) is 0 Å². The molecule has 1 aromatic carbocycles. The van der Waals surface area contributed by atoms with Crippen LogP contribution >= 0.6 is 0 Å². The first kappa shape index (κ1) is 18.0. The van der Waals surface area contributed by atoms with Crippen molar-refractivity contribution in [1.82, 2.24) is 0 Å². The highest BCUT2D eigenvalue weighted by atomic mass is 16.5. The molecule has 1 aliphatic rings. The first-order chi connectivity index (χ1) is 10.7. The van der Waals surface area contributed by atoms with Crippen molar-refractivity contribution in [1.29, 1.82) is 0 Å². The van der Waals surface area contributed by atoms with Gasteiger partial charge in [-0.25, -0.2) is 0 Å². The van der Waals surface area contributed by atoms with Crippen molar-refractivity contribution >= 4 is 0 Å². The zero-order valence-electron chi connectivity index (χ0n) is 15.2. The lowest BCUT2D eigenvalue weighted by atomic mass is 9.82. The van der Waals surface area contributed by atoms with Crippen LogP contribution in [0.1, 0.15) is 78.2 Å². The Kier molecular flexibility index (Phi) is 5.49. The first-order valence-electron chi connectivity index (χ1n) is 8.97. The summed E-state index contributed by atoms with van der Waals surface area (Å²) in [6.45, 7) is 10.9. The van der Waals surface area contributed by atoms with Crippen molar-refractivity contribution in [2.24, 2.45) is 11.8 Å². The molecule has 1 aromatic rings. The number of hydrogen-bond acceptors (Lipinski definition) is 3. The molecule has 0 heterocycles. The SMILES string of the molecule is CC(C)CC(c1cc(O)c(O)c(OC2(C)CCCC2)c1)C(C)C. The third-order valence-corrected chi connectivity index (χ3v) is 5.05. The summed E-state index contributed by atoms with van der Waals surface area (Å²) >= 11 is 0. The third-order valence-electron chi connectivity index (χ3n) is 5.05. The van der Waals surface area contributed by atoms with Gasteiger partial charge in [0.15, 0.2) is 11.5 Å². The molecule has 1 aliphatic carbocycles. The van der Waals surface area contributed by atoms with Crippen LogP contribution in [0.25, 0.3) is 0 Å². The maximum Gasteiger partial charge on any atom is 0.200 e. The van der Waals surface area contributed by atoms with E-state index < -0.39 is 0 Å². The van der Waals surface area contributed by atoms with Gasteiger partial charge in [0.1, 0.15) is 5.60 Å². The third kappa shape index (κ3) is 4.33. The van der Waals surface area contributed by atoms with Crippen LogP contribution in [-0.4, -0.2) is 15.8 Å². The minimum atomic E-state index is -0.228. The minimum Gasteiger partial charge on any atom is -0.504 e. The molecule has 3 heteroatoms. The Morgan fingerprint density at radius 1 is 1.09 bits per heavy atom. The number of benzene rings is 1. The zero-order valence-corrected chi connectivity index (χ0v) is 15.2. The van der Waals surface area contributed by atoms with Gasteiger partial charge in [0.2, 0.25) is 5.75 Å². The molecule has 0 aromatic heterocycles. The molecule has 3 nitrogen and oxygen atoms in total. The van der Waals surface area contributed by atoms with Crippen molar-refractivity contribution < 1.29 is 14.9 Å². The van der Waals surface area contributed by atoms with Gasteiger partial charge in [0.05, 0.1) is 0 Å². The van der Waals surface area contributed by atoms with E-state index in [9.17, 15) is 10.2 Å². The van der Waals surface area contributed by atoms with Gasteiger partial charge in [-0.15, -0.1) is 0 Å². The quantitative estimate of drug-likeness (QED) is 0.671. The minimum absolute atomic E-state index is 0.0755. The Bertz CT molecular complexity index is 528. The Labute approximate surface area is 140 Å². The summed E-state index contributed by atoms with van der Waals surface area (Å²) in [4.78, 5) is 0. The number of hydrogen-bond donors (Lipinski definition) is 2. The summed E-state index contributed by atoms with van der Waals surface area (Å²) in [5.74, 6) is 1.62. The van der Waals surface area contributed by atoms with Crippen molar-refractivity contribution in [3.05, 3.63) is 17.7 Å². The van der Waals surface area contributed by atoms with Crippen LogP contribution < -0.4 is 4.74 Å². The topological polar surface area (TPSA) is 49.7 Å². The number of aromatic hydroxyl groups is 2. The van der Waals surface area contributed by atoms with Crippen LogP contribution in [0.4, 0.5) is 0 Å². The van der Waals surface area contributed by atoms with Gasteiger partial charge in [0, 0.05) is 0 Å². The van der Waals surface area contributed by atoms with E-state index in [2.05, 4.69) is 34.6 Å². The fraction of sp³-hybridized carbons (Fsp3) is 0.700. The highest BCUT2D eigenvalue weighted by molar-refractivity contribution is 5.53. The molecule has 0 saturated heterocycles. The molecule has 0 radical (unpaired) electrons. The summed E-state index contributed by atoms with van der Waals surface area (Å²) < 4.78 is 6.14. The first-order valence-corrected chi connectivity index (χ1v) is 8.97. The molecule has 0 aliphatic heterocycles. The Morgan fingerprint density at radius 2 is 1.70 bits per heavy atom. The lowest BCUT2D eigenvalue weighted by molar-refractivity contribution is 0.0920. The molecule has 1 atom stereocenters. The van der Waals surface area contributed by atoms with E-state index in [0.717, 1.165) is 37.7 Å². The molecule has 1 fully saturated rings. The molecular weight excluding hydrogens is 288 g/mol. The summed E-state index contributed by atoms with van der Waals surface area (Å²) in [6.07, 6.45) is 5.36. The fourth-order valence-electron chi connectivity index (χ4n) is 3.70. The van der Waals surface area contributed by atoms with Crippen LogP contribution in [0, 0.1) is 11.8 Å². The molecule has 2 rings (SSSR count). The lowest BCUT2D eigenvalue weighted by Gasteiger charge is -2.28. The van der Waals surface area contributed by atoms with E-state index in [-0.39, 0.29) is 17.1 Å². The van der Waals surface area contributed by atoms with Crippen LogP contribution in [0.3, 0.4) is 0 Å². The largest absolute Gasteiger partial charge is 0.504 e. The van der Waals surface area contributed by atoms with Crippen molar-refractivity contribution in [2.45, 2.75) is 78.2 Å². The Morgan fingerprint density at radius 3 is 2.22 bits per heavy atom. The second-order valence-electron chi connectivity index (χ2n) is 8.13. The van der Waals surface area contributed by atoms with Gasteiger partial charge >= 0.3 is 0 Å². The molecule has 0 bridgehead atoms. The van der Waals surface area contributed by atoms with Crippen LogP contribution in [0.15, 0.2) is 12.1 Å². The number of ether oxygens (including phenoxy) is 1. The van der Waals surface area contributed by atoms with Gasteiger partial charge < -0.3 is 14.9 Å². The van der Waals surface area contributed by atoms with Crippen LogP contribution in [0.2, 0.25) is 0 Å². The number of phenolic OH excluding ortho intramolecular Hbond substituents is 2. The maximum absolute atomic E-state index is 10.2. The van der Waals surface area contributed by atoms with Crippen LogP contribution in [0.5, 0.6) is 17.2 Å². The van der Waals surface area contributed by atoms with Gasteiger partial charge in [-0.05, 0) is 74.5 Å². The molecular formula is C20H32O3. The predicted octanol–water partition coefficient (Wildman–Crippen LogP) is 5.60. The van der Waals surface area contributed by atoms with E-state index >= 15 is 0 Å². The van der Waals surface area contributed by atoms with E-state index in [1.54, 1.807) is 6.07 Å². The highest BCUT2D eigenvalue weighted by Gasteiger charge is 2.32. The van der Waals surface area contributed by atoms with Crippen molar-refractivity contribution in [3.63, 3.8) is 0 Å².